The topological polar surface area (TPSA) is 113 Å². The van der Waals surface area contributed by atoms with Gasteiger partial charge in [0.1, 0.15) is 17.2 Å². The molecule has 3 aromatic heterocycles. The van der Waals surface area contributed by atoms with Crippen molar-refractivity contribution in [1.29, 1.82) is 0 Å². The number of para-hydroxylation sites is 1. The van der Waals surface area contributed by atoms with Crippen LogP contribution in [0.4, 0.5) is 19.0 Å². The zero-order valence-electron chi connectivity index (χ0n) is 19.1. The van der Waals surface area contributed by atoms with Crippen molar-refractivity contribution in [2.75, 3.05) is 12.4 Å². The van der Waals surface area contributed by atoms with Gasteiger partial charge in [0.25, 0.3) is 0 Å². The van der Waals surface area contributed by atoms with E-state index in [-0.39, 0.29) is 0 Å². The molecule has 1 aromatic carbocycles. The number of nitrogens with one attached hydrogen (secondary N) is 2. The summed E-state index contributed by atoms with van der Waals surface area (Å²) in [6, 6.07) is 11.9. The van der Waals surface area contributed by atoms with E-state index in [0.717, 1.165) is 49.6 Å². The summed E-state index contributed by atoms with van der Waals surface area (Å²) in [7, 11) is 1.68. The first-order valence-corrected chi connectivity index (χ1v) is 12.1. The van der Waals surface area contributed by atoms with Gasteiger partial charge in [-0.2, -0.15) is 13.2 Å². The van der Waals surface area contributed by atoms with Crippen molar-refractivity contribution in [1.82, 2.24) is 19.9 Å². The zero-order valence-corrected chi connectivity index (χ0v) is 21.5. The van der Waals surface area contributed by atoms with Crippen molar-refractivity contribution in [2.45, 2.75) is 36.1 Å². The maximum Gasteiger partial charge on any atom is 0.490 e. The number of aromatic amines is 1. The number of hydrogen-bond acceptors (Lipinski definition) is 7. The Morgan fingerprint density at radius 3 is 2.56 bits per heavy atom. The predicted octanol–water partition coefficient (Wildman–Crippen LogP) is 6.08. The smallest absolute Gasteiger partial charge is 0.490 e. The molecule has 36 heavy (non-hydrogen) atoms. The predicted molar refractivity (Wildman–Crippen MR) is 133 cm³/mol. The molecule has 0 atom stereocenters. The number of aliphatic carboxylic acids is 1. The number of pyridine rings is 1. The molecule has 0 bridgehead atoms. The highest BCUT2D eigenvalue weighted by Gasteiger charge is 2.38. The highest BCUT2D eigenvalue weighted by molar-refractivity contribution is 9.10. The van der Waals surface area contributed by atoms with E-state index in [4.69, 9.17) is 24.6 Å². The van der Waals surface area contributed by atoms with E-state index in [0.29, 0.717) is 11.7 Å². The van der Waals surface area contributed by atoms with Crippen LogP contribution in [0.3, 0.4) is 0 Å². The molecule has 8 nitrogen and oxygen atoms in total. The largest absolute Gasteiger partial charge is 0.496 e. The molecule has 3 N–H and O–H groups in total. The Kier molecular flexibility index (Phi) is 9.15. The molecule has 3 heterocycles. The van der Waals surface area contributed by atoms with E-state index in [1.54, 1.807) is 13.3 Å². The molecule has 4 aromatic rings. The van der Waals surface area contributed by atoms with Gasteiger partial charge in [-0.25, -0.2) is 14.8 Å². The Bertz CT molecular complexity index is 1340. The summed E-state index contributed by atoms with van der Waals surface area (Å²) in [5.41, 5.74) is 2.96. The summed E-state index contributed by atoms with van der Waals surface area (Å²) in [5, 5.41) is 12.2. The number of fused-ring (bicyclic) bond motifs is 1. The fourth-order valence-electron chi connectivity index (χ4n) is 3.05. The Balaban J connectivity index is 0.000000454. The number of anilines is 1. The first-order valence-electron chi connectivity index (χ1n) is 10.5. The van der Waals surface area contributed by atoms with Crippen LogP contribution in [0.25, 0.3) is 11.0 Å². The molecule has 4 rings (SSSR count). The van der Waals surface area contributed by atoms with Crippen LogP contribution < -0.4 is 10.1 Å². The summed E-state index contributed by atoms with van der Waals surface area (Å²) in [6.45, 7) is 2.70. The summed E-state index contributed by atoms with van der Waals surface area (Å²) in [5.74, 6) is -1.14. The number of nitrogens with zero attached hydrogens (tertiary/aromatic N) is 3. The number of aryl methyl sites for hydroxylation is 1. The standard InChI is InChI=1S/C21H20BrN5OS.C2HF3O2/c1-3-15-18(22)17-19(24-11-13-7-4-5-9-16(13)28-2)26-21(27-20(17)25-15)29-14-8-6-10-23-12-14;3-2(4,5)1(6)7/h4-10,12H,3,11H2,1-2H3,(H2,24,25,26,27);(H,6,7). The Morgan fingerprint density at radius 2 is 1.94 bits per heavy atom. The first-order chi connectivity index (χ1) is 17.1. The molecule has 0 fully saturated rings. The van der Waals surface area contributed by atoms with Crippen molar-refractivity contribution in [2.24, 2.45) is 0 Å². The fraction of sp³-hybridized carbons (Fsp3) is 0.217. The SMILES string of the molecule is CCc1[nH]c2nc(Sc3cccnc3)nc(NCc3ccccc3OC)c2c1Br.O=C(O)C(F)(F)F. The van der Waals surface area contributed by atoms with Crippen LogP contribution in [-0.2, 0) is 17.8 Å². The molecule has 13 heteroatoms. The Hall–Kier alpha value is -3.32. The minimum Gasteiger partial charge on any atom is -0.496 e. The van der Waals surface area contributed by atoms with Crippen molar-refractivity contribution >= 4 is 50.5 Å². The minimum atomic E-state index is -5.08. The summed E-state index contributed by atoms with van der Waals surface area (Å²) >= 11 is 5.20. The molecule has 0 spiro atoms. The van der Waals surface area contributed by atoms with Gasteiger partial charge in [-0.05, 0) is 52.3 Å². The van der Waals surface area contributed by atoms with E-state index in [2.05, 4.69) is 38.1 Å². The second-order valence-corrected chi connectivity index (χ2v) is 8.94. The molecule has 0 aliphatic heterocycles. The van der Waals surface area contributed by atoms with Crippen LogP contribution in [0, 0.1) is 0 Å². The van der Waals surface area contributed by atoms with Gasteiger partial charge in [0.15, 0.2) is 5.16 Å². The average Bonchev–Trinajstić information content (AvgIpc) is 3.18. The molecule has 190 valence electrons. The highest BCUT2D eigenvalue weighted by atomic mass is 79.9. The number of hydrogen-bond donors (Lipinski definition) is 3. The first kappa shape index (κ1) is 27.3. The Labute approximate surface area is 216 Å². The second kappa shape index (κ2) is 12.1. The lowest BCUT2D eigenvalue weighted by Crippen LogP contribution is -2.21. The van der Waals surface area contributed by atoms with Gasteiger partial charge in [0.05, 0.1) is 17.0 Å². The number of methoxy groups -OCH3 is 1. The number of aromatic nitrogens is 4. The number of carbonyl (C=O) groups is 1. The van der Waals surface area contributed by atoms with E-state index in [1.807, 2.05) is 42.6 Å². The van der Waals surface area contributed by atoms with Gasteiger partial charge in [-0.3, -0.25) is 4.98 Å². The molecule has 0 saturated carbocycles. The third kappa shape index (κ3) is 6.88. The molecule has 0 saturated heterocycles. The van der Waals surface area contributed by atoms with E-state index >= 15 is 0 Å². The van der Waals surface area contributed by atoms with Crippen molar-refractivity contribution in [3.8, 4) is 5.75 Å². The van der Waals surface area contributed by atoms with Crippen LogP contribution in [-0.4, -0.2) is 44.3 Å². The summed E-state index contributed by atoms with van der Waals surface area (Å²) < 4.78 is 38.2. The summed E-state index contributed by atoms with van der Waals surface area (Å²) in [6.07, 6.45) is -0.653. The van der Waals surface area contributed by atoms with E-state index in [9.17, 15) is 13.2 Å². The van der Waals surface area contributed by atoms with Crippen LogP contribution in [0.5, 0.6) is 5.75 Å². The van der Waals surface area contributed by atoms with Gasteiger partial charge < -0.3 is 20.1 Å². The molecule has 0 aliphatic rings. The number of benzene rings is 1. The van der Waals surface area contributed by atoms with Crippen LogP contribution in [0.1, 0.15) is 18.2 Å². The molecular weight excluding hydrogens is 563 g/mol. The van der Waals surface area contributed by atoms with Crippen molar-refractivity contribution in [3.05, 3.63) is 64.5 Å². The Morgan fingerprint density at radius 1 is 1.22 bits per heavy atom. The average molecular weight is 584 g/mol. The number of H-pyrrole nitrogens is 1. The van der Waals surface area contributed by atoms with Crippen LogP contribution >= 0.6 is 27.7 Å². The fourth-order valence-corrected chi connectivity index (χ4v) is 4.55. The molecular formula is C23H21BrF3N5O3S. The highest BCUT2D eigenvalue weighted by Crippen LogP contribution is 2.35. The van der Waals surface area contributed by atoms with Crippen LogP contribution in [0.15, 0.2) is 63.3 Å². The number of carboxylic acid groups (broad SMARTS) is 1. The van der Waals surface area contributed by atoms with Gasteiger partial charge >= 0.3 is 12.1 Å². The number of rotatable bonds is 7. The van der Waals surface area contributed by atoms with E-state index < -0.39 is 12.1 Å². The van der Waals surface area contributed by atoms with Crippen molar-refractivity contribution in [3.63, 3.8) is 0 Å². The third-order valence-corrected chi connectivity index (χ3v) is 6.44. The minimum absolute atomic E-state index is 0.589. The van der Waals surface area contributed by atoms with Gasteiger partial charge in [-0.1, -0.05) is 25.1 Å². The quantitative estimate of drug-likeness (QED) is 0.224. The molecule has 0 radical (unpaired) electrons. The van der Waals surface area contributed by atoms with Gasteiger partial charge in [0, 0.05) is 35.1 Å². The molecule has 0 aliphatic carbocycles. The lowest BCUT2D eigenvalue weighted by Gasteiger charge is -2.12. The third-order valence-electron chi connectivity index (χ3n) is 4.72. The lowest BCUT2D eigenvalue weighted by atomic mass is 10.2. The molecule has 0 unspecified atom stereocenters. The maximum atomic E-state index is 10.6. The number of alkyl halides is 3. The summed E-state index contributed by atoms with van der Waals surface area (Å²) in [4.78, 5) is 27.0. The number of carboxylic acids is 1. The van der Waals surface area contributed by atoms with Crippen molar-refractivity contribution < 1.29 is 27.8 Å². The van der Waals surface area contributed by atoms with Crippen LogP contribution in [0.2, 0.25) is 0 Å². The number of ether oxygens (including phenoxy) is 1. The van der Waals surface area contributed by atoms with Gasteiger partial charge in [-0.15, -0.1) is 0 Å². The molecule has 0 amide bonds. The second-order valence-electron chi connectivity index (χ2n) is 7.11. The lowest BCUT2D eigenvalue weighted by molar-refractivity contribution is -0.192. The monoisotopic (exact) mass is 583 g/mol. The van der Waals surface area contributed by atoms with E-state index in [1.165, 1.54) is 11.8 Å². The zero-order chi connectivity index (χ0) is 26.3. The maximum absolute atomic E-state index is 10.6. The normalized spacial score (nSPS) is 11.1. The van der Waals surface area contributed by atoms with Gasteiger partial charge in [0.2, 0.25) is 0 Å². The number of halogens is 4.